The van der Waals surface area contributed by atoms with Crippen molar-refractivity contribution in [3.05, 3.63) is 90.1 Å². The van der Waals surface area contributed by atoms with Crippen LogP contribution in [0.25, 0.3) is 10.8 Å². The Hall–Kier alpha value is -4.26. The maximum atomic E-state index is 13.8. The maximum absolute atomic E-state index is 13.8. The van der Waals surface area contributed by atoms with Crippen molar-refractivity contribution in [2.75, 3.05) is 17.7 Å². The fourth-order valence-corrected chi connectivity index (χ4v) is 4.22. The molecule has 0 aliphatic rings. The Balaban J connectivity index is 1.73. The van der Waals surface area contributed by atoms with Crippen LogP contribution in [-0.2, 0) is 16.9 Å². The Morgan fingerprint density at radius 3 is 2.54 bits per heavy atom. The first-order valence-electron chi connectivity index (χ1n) is 12.5. The maximum Gasteiger partial charge on any atom is 0.250 e. The summed E-state index contributed by atoms with van der Waals surface area (Å²) in [6, 6.07) is 23.1. The topological polar surface area (TPSA) is 98.5 Å². The van der Waals surface area contributed by atoms with E-state index in [1.807, 2.05) is 100 Å². The highest BCUT2D eigenvalue weighted by molar-refractivity contribution is 5.95. The minimum atomic E-state index is -1.12. The third-order valence-corrected chi connectivity index (χ3v) is 6.12. The highest BCUT2D eigenvalue weighted by Crippen LogP contribution is 2.36. The second kappa shape index (κ2) is 11.2. The Bertz CT molecular complexity index is 1370. The predicted molar refractivity (Wildman–Crippen MR) is 149 cm³/mol. The number of fused-ring (bicyclic) bond motifs is 1. The molecule has 0 bridgehead atoms. The van der Waals surface area contributed by atoms with Crippen molar-refractivity contribution >= 4 is 28.2 Å². The van der Waals surface area contributed by atoms with E-state index in [1.54, 1.807) is 6.20 Å². The summed E-state index contributed by atoms with van der Waals surface area (Å²) in [7, 11) is 0. The first-order chi connectivity index (χ1) is 17.8. The third-order valence-electron chi connectivity index (χ3n) is 6.12. The number of pyridine rings is 1. The Labute approximate surface area is 218 Å². The van der Waals surface area contributed by atoms with E-state index in [9.17, 15) is 4.79 Å². The van der Waals surface area contributed by atoms with Crippen LogP contribution >= 0.6 is 0 Å². The van der Waals surface area contributed by atoms with Gasteiger partial charge < -0.3 is 25.8 Å². The normalized spacial score (nSPS) is 12.7. The van der Waals surface area contributed by atoms with Gasteiger partial charge >= 0.3 is 0 Å². The number of nitrogens with two attached hydrogens (primary N) is 1. The Kier molecular flexibility index (Phi) is 7.82. The largest absolute Gasteiger partial charge is 0.490 e. The van der Waals surface area contributed by atoms with Gasteiger partial charge in [-0.3, -0.25) is 4.79 Å². The van der Waals surface area contributed by atoms with Crippen LogP contribution < -0.4 is 25.8 Å². The number of hydrogen-bond acceptors (Lipinski definition) is 6. The number of ether oxygens (including phenoxy) is 2. The van der Waals surface area contributed by atoms with Gasteiger partial charge in [0.2, 0.25) is 5.91 Å². The van der Waals surface area contributed by atoms with Gasteiger partial charge in [0.25, 0.3) is 0 Å². The van der Waals surface area contributed by atoms with E-state index >= 15 is 0 Å². The minimum absolute atomic E-state index is 0.0109. The zero-order valence-corrected chi connectivity index (χ0v) is 21.7. The number of benzene rings is 3. The monoisotopic (exact) mass is 498 g/mol. The summed E-state index contributed by atoms with van der Waals surface area (Å²) in [5.74, 6) is 1.52. The Morgan fingerprint density at radius 2 is 1.81 bits per heavy atom. The van der Waals surface area contributed by atoms with E-state index in [0.29, 0.717) is 30.5 Å². The number of aromatic nitrogens is 1. The molecule has 0 saturated carbocycles. The number of carbonyl (C=O) groups is 1. The number of nitrogens with one attached hydrogen (secondary N) is 2. The molecule has 0 aliphatic heterocycles. The molecule has 1 aromatic heterocycles. The number of carbonyl (C=O) groups excluding carboxylic acids is 1. The van der Waals surface area contributed by atoms with E-state index < -0.39 is 5.54 Å². The fraction of sp³-hybridized carbons (Fsp3) is 0.267. The van der Waals surface area contributed by atoms with Crippen molar-refractivity contribution in [1.82, 2.24) is 10.3 Å². The van der Waals surface area contributed by atoms with Gasteiger partial charge in [-0.2, -0.15) is 0 Å². The van der Waals surface area contributed by atoms with Crippen LogP contribution in [0.4, 0.5) is 11.5 Å². The lowest BCUT2D eigenvalue weighted by Gasteiger charge is -2.32. The predicted octanol–water partition coefficient (Wildman–Crippen LogP) is 5.65. The van der Waals surface area contributed by atoms with Crippen molar-refractivity contribution in [1.29, 1.82) is 0 Å². The molecule has 4 aromatic rings. The van der Waals surface area contributed by atoms with Crippen molar-refractivity contribution in [3.8, 4) is 11.5 Å². The number of rotatable bonds is 10. The standard InChI is InChI=1S/C30H34N4O3/c1-5-36-27-18-23(11-14-26(27)37-20(2)3)30(4,29(35)33-19-21-9-7-6-8-10-21)34-24-12-13-25-22(17-24)15-16-32-28(25)31/h6-18,20,34H,5,19H2,1-4H3,(H2,31,32)(H,33,35). The summed E-state index contributed by atoms with van der Waals surface area (Å²) < 4.78 is 11.8. The summed E-state index contributed by atoms with van der Waals surface area (Å²) in [5, 5.41) is 8.37. The molecule has 1 amide bonds. The van der Waals surface area contributed by atoms with Gasteiger partial charge in [-0.05, 0) is 80.6 Å². The molecule has 1 atom stereocenters. The van der Waals surface area contributed by atoms with Gasteiger partial charge in [0.15, 0.2) is 11.5 Å². The van der Waals surface area contributed by atoms with E-state index in [1.165, 1.54) is 0 Å². The van der Waals surface area contributed by atoms with Gasteiger partial charge in [-0.15, -0.1) is 0 Å². The van der Waals surface area contributed by atoms with Gasteiger partial charge in [0.1, 0.15) is 11.4 Å². The average Bonchev–Trinajstić information content (AvgIpc) is 2.88. The second-order valence-corrected chi connectivity index (χ2v) is 9.31. The summed E-state index contributed by atoms with van der Waals surface area (Å²) in [6.07, 6.45) is 1.66. The number of nitrogens with zero attached hydrogens (tertiary/aromatic N) is 1. The lowest BCUT2D eigenvalue weighted by Crippen LogP contribution is -2.47. The van der Waals surface area contributed by atoms with Crippen molar-refractivity contribution in [2.45, 2.75) is 45.9 Å². The molecule has 7 nitrogen and oxygen atoms in total. The first kappa shape index (κ1) is 25.8. The lowest BCUT2D eigenvalue weighted by atomic mass is 9.89. The van der Waals surface area contributed by atoms with Gasteiger partial charge in [0.05, 0.1) is 12.7 Å². The van der Waals surface area contributed by atoms with E-state index in [-0.39, 0.29) is 12.0 Å². The van der Waals surface area contributed by atoms with E-state index in [4.69, 9.17) is 15.2 Å². The summed E-state index contributed by atoms with van der Waals surface area (Å²) in [5.41, 5.74) is 7.45. The molecular weight excluding hydrogens is 464 g/mol. The van der Waals surface area contributed by atoms with Gasteiger partial charge in [-0.1, -0.05) is 36.4 Å². The summed E-state index contributed by atoms with van der Waals surface area (Å²) in [6.45, 7) is 8.60. The van der Waals surface area contributed by atoms with Crippen LogP contribution in [0.15, 0.2) is 79.0 Å². The number of anilines is 2. The molecule has 1 heterocycles. The Morgan fingerprint density at radius 1 is 1.03 bits per heavy atom. The molecule has 3 aromatic carbocycles. The quantitative estimate of drug-likeness (QED) is 0.261. The number of hydrogen-bond donors (Lipinski definition) is 3. The van der Waals surface area contributed by atoms with Gasteiger partial charge in [0, 0.05) is 23.8 Å². The third kappa shape index (κ3) is 5.94. The fourth-order valence-electron chi connectivity index (χ4n) is 4.22. The number of amides is 1. The molecular formula is C30H34N4O3. The van der Waals surface area contributed by atoms with Crippen LogP contribution in [0.1, 0.15) is 38.8 Å². The van der Waals surface area contributed by atoms with Crippen LogP contribution in [0.5, 0.6) is 11.5 Å². The van der Waals surface area contributed by atoms with Crippen molar-refractivity contribution in [3.63, 3.8) is 0 Å². The number of nitrogen functional groups attached to an aromatic ring is 1. The van der Waals surface area contributed by atoms with Crippen LogP contribution in [-0.4, -0.2) is 23.6 Å². The van der Waals surface area contributed by atoms with Crippen molar-refractivity contribution in [2.24, 2.45) is 0 Å². The van der Waals surface area contributed by atoms with E-state index in [0.717, 1.165) is 27.6 Å². The molecule has 4 rings (SSSR count). The zero-order valence-electron chi connectivity index (χ0n) is 21.7. The SMILES string of the molecule is CCOc1cc(C(C)(Nc2ccc3c(N)nccc3c2)C(=O)NCc2ccccc2)ccc1OC(C)C. The highest BCUT2D eigenvalue weighted by Gasteiger charge is 2.36. The highest BCUT2D eigenvalue weighted by atomic mass is 16.5. The summed E-state index contributed by atoms with van der Waals surface area (Å²) in [4.78, 5) is 18.0. The molecule has 0 radical (unpaired) electrons. The van der Waals surface area contributed by atoms with E-state index in [2.05, 4.69) is 15.6 Å². The van der Waals surface area contributed by atoms with Crippen LogP contribution in [0.3, 0.4) is 0 Å². The molecule has 0 spiro atoms. The first-order valence-corrected chi connectivity index (χ1v) is 12.5. The molecule has 37 heavy (non-hydrogen) atoms. The molecule has 4 N–H and O–H groups in total. The zero-order chi connectivity index (χ0) is 26.4. The smallest absolute Gasteiger partial charge is 0.250 e. The molecule has 7 heteroatoms. The molecule has 1 unspecified atom stereocenters. The minimum Gasteiger partial charge on any atom is -0.490 e. The average molecular weight is 499 g/mol. The second-order valence-electron chi connectivity index (χ2n) is 9.31. The molecule has 0 fully saturated rings. The molecule has 0 saturated heterocycles. The van der Waals surface area contributed by atoms with Crippen molar-refractivity contribution < 1.29 is 14.3 Å². The van der Waals surface area contributed by atoms with Crippen LogP contribution in [0.2, 0.25) is 0 Å². The summed E-state index contributed by atoms with van der Waals surface area (Å²) >= 11 is 0. The molecule has 0 aliphatic carbocycles. The lowest BCUT2D eigenvalue weighted by molar-refractivity contribution is -0.125. The molecule has 192 valence electrons. The van der Waals surface area contributed by atoms with Crippen LogP contribution in [0, 0.1) is 0 Å². The van der Waals surface area contributed by atoms with Gasteiger partial charge in [-0.25, -0.2) is 4.98 Å².